The fraction of sp³-hybridized carbons (Fsp3) is 0.538. The molecule has 0 fully saturated rings. The minimum Gasteiger partial charge on any atom is -0.356 e. The molecule has 18 heavy (non-hydrogen) atoms. The summed E-state index contributed by atoms with van der Waals surface area (Å²) in [6, 6.07) is 8.49. The van der Waals surface area contributed by atoms with Gasteiger partial charge in [0.05, 0.1) is 10.6 Å². The fourth-order valence-electron chi connectivity index (χ4n) is 1.78. The predicted octanol–water partition coefficient (Wildman–Crippen LogP) is 2.11. The molecule has 0 bridgehead atoms. The molecule has 1 aromatic carbocycles. The molecule has 1 unspecified atom stereocenters. The first-order valence-corrected chi connectivity index (χ1v) is 7.48. The third-order valence-electron chi connectivity index (χ3n) is 2.73. The van der Waals surface area contributed by atoms with Crippen LogP contribution in [0, 0.1) is 5.92 Å². The second kappa shape index (κ2) is 6.87. The zero-order chi connectivity index (χ0) is 13.6. The maximum atomic E-state index is 12.1. The van der Waals surface area contributed by atoms with Crippen LogP contribution in [0.1, 0.15) is 13.3 Å². The Kier molecular flexibility index (Phi) is 5.78. The summed E-state index contributed by atoms with van der Waals surface area (Å²) in [6.07, 6.45) is 0.199. The van der Waals surface area contributed by atoms with E-state index in [0.29, 0.717) is 11.3 Å². The van der Waals surface area contributed by atoms with E-state index < -0.39 is 9.84 Å². The number of rotatable bonds is 7. The summed E-state index contributed by atoms with van der Waals surface area (Å²) < 4.78 is 34.4. The van der Waals surface area contributed by atoms with E-state index in [9.17, 15) is 8.42 Å². The standard InChI is InChI=1S/C13H20O4S/c1-11(9-13(16-2)17-3)10-18(14,15)12-7-5-4-6-8-12/h4-8,11,13H,9-10H2,1-3H3. The molecule has 1 aromatic rings. The van der Waals surface area contributed by atoms with E-state index >= 15 is 0 Å². The van der Waals surface area contributed by atoms with Gasteiger partial charge in [-0.1, -0.05) is 25.1 Å². The molecule has 0 spiro atoms. The second-order valence-corrected chi connectivity index (χ2v) is 6.37. The first-order chi connectivity index (χ1) is 8.49. The molecule has 5 heteroatoms. The normalized spacial score (nSPS) is 13.8. The Morgan fingerprint density at radius 1 is 1.11 bits per heavy atom. The van der Waals surface area contributed by atoms with Gasteiger partial charge in [-0.2, -0.15) is 0 Å². The van der Waals surface area contributed by atoms with Crippen LogP contribution in [0.15, 0.2) is 35.2 Å². The van der Waals surface area contributed by atoms with Crippen LogP contribution < -0.4 is 0 Å². The highest BCUT2D eigenvalue weighted by Crippen LogP contribution is 2.17. The largest absolute Gasteiger partial charge is 0.356 e. The summed E-state index contributed by atoms with van der Waals surface area (Å²) in [4.78, 5) is 0.364. The van der Waals surface area contributed by atoms with E-state index in [-0.39, 0.29) is 18.0 Å². The molecule has 0 saturated carbocycles. The first kappa shape index (κ1) is 15.1. The summed E-state index contributed by atoms with van der Waals surface area (Å²) in [5.74, 6) is 0.0698. The topological polar surface area (TPSA) is 52.6 Å². The molecule has 4 nitrogen and oxygen atoms in total. The summed E-state index contributed by atoms with van der Waals surface area (Å²) in [6.45, 7) is 1.88. The molecule has 0 aliphatic carbocycles. The van der Waals surface area contributed by atoms with Crippen molar-refractivity contribution in [3.8, 4) is 0 Å². The minimum atomic E-state index is -3.23. The fourth-order valence-corrected chi connectivity index (χ4v) is 3.43. The number of ether oxygens (including phenoxy) is 2. The molecule has 0 aromatic heterocycles. The third-order valence-corrected chi connectivity index (χ3v) is 4.73. The lowest BCUT2D eigenvalue weighted by Crippen LogP contribution is -2.22. The van der Waals surface area contributed by atoms with E-state index in [1.165, 1.54) is 0 Å². The molecule has 0 saturated heterocycles. The van der Waals surface area contributed by atoms with Gasteiger partial charge in [0.2, 0.25) is 0 Å². The molecule has 0 aliphatic heterocycles. The monoisotopic (exact) mass is 272 g/mol. The number of hydrogen-bond acceptors (Lipinski definition) is 4. The summed E-state index contributed by atoms with van der Waals surface area (Å²) in [5.41, 5.74) is 0. The van der Waals surface area contributed by atoms with Crippen molar-refractivity contribution >= 4 is 9.84 Å². The van der Waals surface area contributed by atoms with Crippen LogP contribution in [0.4, 0.5) is 0 Å². The first-order valence-electron chi connectivity index (χ1n) is 5.83. The van der Waals surface area contributed by atoms with Gasteiger partial charge >= 0.3 is 0 Å². The van der Waals surface area contributed by atoms with Crippen LogP contribution in [0.25, 0.3) is 0 Å². The average molecular weight is 272 g/mol. The van der Waals surface area contributed by atoms with Gasteiger partial charge in [-0.05, 0) is 18.1 Å². The zero-order valence-electron chi connectivity index (χ0n) is 11.0. The molecule has 0 aliphatic rings. The number of benzene rings is 1. The van der Waals surface area contributed by atoms with E-state index in [0.717, 1.165) is 0 Å². The Bertz CT molecular complexity index is 437. The molecule has 1 atom stereocenters. The molecule has 1 rings (SSSR count). The molecule has 0 radical (unpaired) electrons. The maximum absolute atomic E-state index is 12.1. The van der Waals surface area contributed by atoms with Crippen molar-refractivity contribution in [2.24, 2.45) is 5.92 Å². The van der Waals surface area contributed by atoms with Crippen LogP contribution in [0.3, 0.4) is 0 Å². The SMILES string of the molecule is COC(CC(C)CS(=O)(=O)c1ccccc1)OC. The molecule has 0 N–H and O–H groups in total. The highest BCUT2D eigenvalue weighted by atomic mass is 32.2. The zero-order valence-corrected chi connectivity index (χ0v) is 11.8. The van der Waals surface area contributed by atoms with Crippen LogP contribution in [-0.4, -0.2) is 34.7 Å². The maximum Gasteiger partial charge on any atom is 0.178 e. The smallest absolute Gasteiger partial charge is 0.178 e. The Balaban J connectivity index is 2.67. The van der Waals surface area contributed by atoms with Crippen molar-refractivity contribution in [1.29, 1.82) is 0 Å². The summed E-state index contributed by atoms with van der Waals surface area (Å²) >= 11 is 0. The van der Waals surface area contributed by atoms with Crippen LogP contribution in [0.5, 0.6) is 0 Å². The van der Waals surface area contributed by atoms with E-state index in [2.05, 4.69) is 0 Å². The molecular weight excluding hydrogens is 252 g/mol. The Morgan fingerprint density at radius 2 is 1.67 bits per heavy atom. The Hall–Kier alpha value is -0.910. The number of sulfone groups is 1. The highest BCUT2D eigenvalue weighted by Gasteiger charge is 2.20. The van der Waals surface area contributed by atoms with Crippen molar-refractivity contribution in [2.75, 3.05) is 20.0 Å². The van der Waals surface area contributed by atoms with Crippen molar-refractivity contribution in [2.45, 2.75) is 24.5 Å². The van der Waals surface area contributed by atoms with E-state index in [4.69, 9.17) is 9.47 Å². The van der Waals surface area contributed by atoms with Gasteiger partial charge in [-0.15, -0.1) is 0 Å². The van der Waals surface area contributed by atoms with Gasteiger partial charge in [-0.3, -0.25) is 0 Å². The average Bonchev–Trinajstić information content (AvgIpc) is 2.36. The quantitative estimate of drug-likeness (QED) is 0.713. The summed E-state index contributed by atoms with van der Waals surface area (Å²) in [7, 11) is -0.136. The van der Waals surface area contributed by atoms with Crippen LogP contribution in [-0.2, 0) is 19.3 Å². The summed E-state index contributed by atoms with van der Waals surface area (Å²) in [5, 5.41) is 0. The van der Waals surface area contributed by atoms with Gasteiger partial charge in [-0.25, -0.2) is 8.42 Å². The Morgan fingerprint density at radius 3 is 2.17 bits per heavy atom. The van der Waals surface area contributed by atoms with Crippen LogP contribution in [0.2, 0.25) is 0 Å². The van der Waals surface area contributed by atoms with Gasteiger partial charge in [0, 0.05) is 20.6 Å². The lowest BCUT2D eigenvalue weighted by atomic mass is 10.1. The van der Waals surface area contributed by atoms with E-state index in [1.807, 2.05) is 6.92 Å². The van der Waals surface area contributed by atoms with Crippen molar-refractivity contribution in [1.82, 2.24) is 0 Å². The second-order valence-electron chi connectivity index (χ2n) is 4.34. The third kappa shape index (κ3) is 4.40. The molecule has 102 valence electrons. The number of methoxy groups -OCH3 is 2. The number of hydrogen-bond donors (Lipinski definition) is 0. The molecule has 0 heterocycles. The molecule has 0 amide bonds. The van der Waals surface area contributed by atoms with Gasteiger partial charge in [0.15, 0.2) is 16.1 Å². The van der Waals surface area contributed by atoms with Crippen molar-refractivity contribution in [3.05, 3.63) is 30.3 Å². The minimum absolute atomic E-state index is 0.0277. The Labute approximate surface area is 109 Å². The van der Waals surface area contributed by atoms with Gasteiger partial charge < -0.3 is 9.47 Å². The van der Waals surface area contributed by atoms with Crippen molar-refractivity contribution in [3.63, 3.8) is 0 Å². The van der Waals surface area contributed by atoms with Crippen LogP contribution >= 0.6 is 0 Å². The molecular formula is C13H20O4S. The van der Waals surface area contributed by atoms with Gasteiger partial charge in [0.25, 0.3) is 0 Å². The van der Waals surface area contributed by atoms with Gasteiger partial charge in [0.1, 0.15) is 0 Å². The lowest BCUT2D eigenvalue weighted by Gasteiger charge is -2.18. The van der Waals surface area contributed by atoms with E-state index in [1.54, 1.807) is 44.6 Å². The highest BCUT2D eigenvalue weighted by molar-refractivity contribution is 7.91. The lowest BCUT2D eigenvalue weighted by molar-refractivity contribution is -0.111. The predicted molar refractivity (Wildman–Crippen MR) is 70.1 cm³/mol. The van der Waals surface area contributed by atoms with Crippen molar-refractivity contribution < 1.29 is 17.9 Å².